The molecule has 3 rings (SSSR count). The summed E-state index contributed by atoms with van der Waals surface area (Å²) in [5, 5.41) is 0. The van der Waals surface area contributed by atoms with Crippen LogP contribution in [-0.2, 0) is 17.8 Å². The van der Waals surface area contributed by atoms with Gasteiger partial charge >= 0.3 is 0 Å². The molecule has 0 fully saturated rings. The molecule has 0 atom stereocenters. The third-order valence-electron chi connectivity index (χ3n) is 3.86. The van der Waals surface area contributed by atoms with E-state index in [0.717, 1.165) is 24.1 Å². The second kappa shape index (κ2) is 5.56. The number of carbonyl (C=O) groups is 1. The number of anilines is 2. The van der Waals surface area contributed by atoms with E-state index < -0.39 is 0 Å². The van der Waals surface area contributed by atoms with Crippen LogP contribution in [0.25, 0.3) is 0 Å². The first-order valence-electron chi connectivity index (χ1n) is 7.07. The molecule has 0 aliphatic carbocycles. The summed E-state index contributed by atoms with van der Waals surface area (Å²) in [5.41, 5.74) is 9.11. The molecule has 2 aromatic rings. The Morgan fingerprint density at radius 3 is 2.76 bits per heavy atom. The number of benzene rings is 2. The van der Waals surface area contributed by atoms with E-state index in [9.17, 15) is 9.18 Å². The number of aryl methyl sites for hydroxylation is 1. The maximum atomic E-state index is 13.1. The lowest BCUT2D eigenvalue weighted by Crippen LogP contribution is -2.30. The van der Waals surface area contributed by atoms with Crippen LogP contribution < -0.4 is 10.6 Å². The summed E-state index contributed by atoms with van der Waals surface area (Å²) in [6.45, 7) is 0.377. The van der Waals surface area contributed by atoms with E-state index in [1.54, 1.807) is 11.0 Å². The van der Waals surface area contributed by atoms with Crippen LogP contribution in [0.2, 0.25) is 0 Å². The standard InChI is InChI=1S/C17H17FN2O/c18-14-9-8-13(15(19)10-14)11-20-16-6-2-1-4-12(16)5-3-7-17(20)21/h1-2,4,6,8-10H,3,5,7,11,19H2. The van der Waals surface area contributed by atoms with Gasteiger partial charge in [-0.25, -0.2) is 4.39 Å². The van der Waals surface area contributed by atoms with Crippen LogP contribution in [0.5, 0.6) is 0 Å². The summed E-state index contributed by atoms with van der Waals surface area (Å²) in [6.07, 6.45) is 2.28. The molecule has 21 heavy (non-hydrogen) atoms. The molecular weight excluding hydrogens is 267 g/mol. The number of carbonyl (C=O) groups excluding carboxylic acids is 1. The van der Waals surface area contributed by atoms with E-state index in [1.807, 2.05) is 18.2 Å². The molecule has 0 aromatic heterocycles. The zero-order valence-electron chi connectivity index (χ0n) is 11.7. The van der Waals surface area contributed by atoms with Crippen molar-refractivity contribution in [2.45, 2.75) is 25.8 Å². The van der Waals surface area contributed by atoms with Crippen molar-refractivity contribution >= 4 is 17.3 Å². The van der Waals surface area contributed by atoms with E-state index in [1.165, 1.54) is 17.7 Å². The monoisotopic (exact) mass is 284 g/mol. The highest BCUT2D eigenvalue weighted by atomic mass is 19.1. The average molecular weight is 284 g/mol. The second-order valence-corrected chi connectivity index (χ2v) is 5.31. The maximum Gasteiger partial charge on any atom is 0.227 e. The lowest BCUT2D eigenvalue weighted by molar-refractivity contribution is -0.118. The van der Waals surface area contributed by atoms with Gasteiger partial charge in [-0.15, -0.1) is 0 Å². The van der Waals surface area contributed by atoms with Crippen molar-refractivity contribution in [3.63, 3.8) is 0 Å². The van der Waals surface area contributed by atoms with Crippen molar-refractivity contribution in [2.75, 3.05) is 10.6 Å². The van der Waals surface area contributed by atoms with Crippen molar-refractivity contribution in [1.29, 1.82) is 0 Å². The number of nitrogens with zero attached hydrogens (tertiary/aromatic N) is 1. The molecule has 1 heterocycles. The molecule has 1 aliphatic rings. The molecule has 0 bridgehead atoms. The van der Waals surface area contributed by atoms with E-state index in [4.69, 9.17) is 5.73 Å². The lowest BCUT2D eigenvalue weighted by atomic mass is 10.1. The molecule has 0 radical (unpaired) electrons. The molecule has 0 spiro atoms. The molecule has 4 heteroatoms. The van der Waals surface area contributed by atoms with Gasteiger partial charge in [0.15, 0.2) is 0 Å². The second-order valence-electron chi connectivity index (χ2n) is 5.31. The molecule has 2 aromatic carbocycles. The minimum Gasteiger partial charge on any atom is -0.398 e. The first-order chi connectivity index (χ1) is 10.1. The van der Waals surface area contributed by atoms with Gasteiger partial charge in [0.05, 0.1) is 6.54 Å². The number of amides is 1. The van der Waals surface area contributed by atoms with Crippen LogP contribution in [0.15, 0.2) is 42.5 Å². The van der Waals surface area contributed by atoms with Crippen LogP contribution in [-0.4, -0.2) is 5.91 Å². The third-order valence-corrected chi connectivity index (χ3v) is 3.86. The fraction of sp³-hybridized carbons (Fsp3) is 0.235. The summed E-state index contributed by atoms with van der Waals surface area (Å²) < 4.78 is 13.1. The number of nitrogens with two attached hydrogens (primary N) is 1. The maximum absolute atomic E-state index is 13.1. The van der Waals surface area contributed by atoms with E-state index in [-0.39, 0.29) is 11.7 Å². The van der Waals surface area contributed by atoms with Gasteiger partial charge in [0.25, 0.3) is 0 Å². The summed E-state index contributed by atoms with van der Waals surface area (Å²) in [5.74, 6) is -0.275. The molecule has 0 saturated carbocycles. The SMILES string of the molecule is Nc1cc(F)ccc1CN1C(=O)CCCc2ccccc21. The summed E-state index contributed by atoms with van der Waals surface area (Å²) in [7, 11) is 0. The zero-order valence-corrected chi connectivity index (χ0v) is 11.7. The molecule has 108 valence electrons. The van der Waals surface area contributed by atoms with Crippen LogP contribution in [0, 0.1) is 5.82 Å². The molecule has 1 aliphatic heterocycles. The van der Waals surface area contributed by atoms with Crippen LogP contribution in [0.4, 0.5) is 15.8 Å². The Morgan fingerprint density at radius 2 is 1.95 bits per heavy atom. The van der Waals surface area contributed by atoms with Gasteiger partial charge in [-0.05, 0) is 42.2 Å². The van der Waals surface area contributed by atoms with Crippen molar-refractivity contribution in [3.05, 3.63) is 59.4 Å². The fourth-order valence-electron chi connectivity index (χ4n) is 2.74. The molecule has 0 unspecified atom stereocenters. The quantitative estimate of drug-likeness (QED) is 0.860. The smallest absolute Gasteiger partial charge is 0.227 e. The van der Waals surface area contributed by atoms with Gasteiger partial charge in [0.1, 0.15) is 5.82 Å². The molecule has 0 saturated heterocycles. The summed E-state index contributed by atoms with van der Waals surface area (Å²) >= 11 is 0. The number of hydrogen-bond donors (Lipinski definition) is 1. The highest BCUT2D eigenvalue weighted by Crippen LogP contribution is 2.29. The summed E-state index contributed by atoms with van der Waals surface area (Å²) in [4.78, 5) is 14.1. The van der Waals surface area contributed by atoms with Gasteiger partial charge < -0.3 is 10.6 Å². The van der Waals surface area contributed by atoms with E-state index >= 15 is 0 Å². The van der Waals surface area contributed by atoms with Crippen LogP contribution >= 0.6 is 0 Å². The Hall–Kier alpha value is -2.36. The average Bonchev–Trinajstić information content (AvgIpc) is 2.62. The van der Waals surface area contributed by atoms with Crippen molar-refractivity contribution in [1.82, 2.24) is 0 Å². The number of rotatable bonds is 2. The molecule has 3 nitrogen and oxygen atoms in total. The predicted octanol–water partition coefficient (Wildman–Crippen LogP) is 3.28. The topological polar surface area (TPSA) is 46.3 Å². The number of nitrogen functional groups attached to an aromatic ring is 1. The minimum atomic E-state index is -0.362. The Labute approximate surface area is 123 Å². The van der Waals surface area contributed by atoms with Gasteiger partial charge in [0.2, 0.25) is 5.91 Å². The van der Waals surface area contributed by atoms with Gasteiger partial charge in [-0.3, -0.25) is 4.79 Å². The molecule has 2 N–H and O–H groups in total. The van der Waals surface area contributed by atoms with Gasteiger partial charge in [0, 0.05) is 17.8 Å². The zero-order chi connectivity index (χ0) is 14.8. The molecular formula is C17H17FN2O. The van der Waals surface area contributed by atoms with Crippen LogP contribution in [0.3, 0.4) is 0 Å². The number of fused-ring (bicyclic) bond motifs is 1. The fourth-order valence-corrected chi connectivity index (χ4v) is 2.74. The number of halogens is 1. The lowest BCUT2D eigenvalue weighted by Gasteiger charge is -2.23. The highest BCUT2D eigenvalue weighted by molar-refractivity contribution is 5.94. The first-order valence-corrected chi connectivity index (χ1v) is 7.07. The first kappa shape index (κ1) is 13.6. The summed E-state index contributed by atoms with van der Waals surface area (Å²) in [6, 6.07) is 12.2. The highest BCUT2D eigenvalue weighted by Gasteiger charge is 2.22. The minimum absolute atomic E-state index is 0.0867. The van der Waals surface area contributed by atoms with Gasteiger partial charge in [-0.1, -0.05) is 24.3 Å². The van der Waals surface area contributed by atoms with Crippen LogP contribution in [0.1, 0.15) is 24.0 Å². The normalized spacial score (nSPS) is 14.7. The van der Waals surface area contributed by atoms with Crippen molar-refractivity contribution < 1.29 is 9.18 Å². The molecule has 1 amide bonds. The largest absolute Gasteiger partial charge is 0.398 e. The number of para-hydroxylation sites is 1. The van der Waals surface area contributed by atoms with Crippen molar-refractivity contribution in [2.24, 2.45) is 0 Å². The Kier molecular flexibility index (Phi) is 3.60. The Morgan fingerprint density at radius 1 is 1.14 bits per heavy atom. The van der Waals surface area contributed by atoms with E-state index in [2.05, 4.69) is 6.07 Å². The predicted molar refractivity (Wildman–Crippen MR) is 81.4 cm³/mol. The Balaban J connectivity index is 1.98. The van der Waals surface area contributed by atoms with Gasteiger partial charge in [-0.2, -0.15) is 0 Å². The van der Waals surface area contributed by atoms with Crippen molar-refractivity contribution in [3.8, 4) is 0 Å². The third kappa shape index (κ3) is 2.75. The Bertz CT molecular complexity index is 684. The van der Waals surface area contributed by atoms with E-state index in [0.29, 0.717) is 18.7 Å². The number of hydrogen-bond acceptors (Lipinski definition) is 2.